The van der Waals surface area contributed by atoms with Crippen LogP contribution in [-0.2, 0) is 6.54 Å². The summed E-state index contributed by atoms with van der Waals surface area (Å²) < 4.78 is 0. The first-order chi connectivity index (χ1) is 6.18. The summed E-state index contributed by atoms with van der Waals surface area (Å²) in [5.74, 6) is 0. The molecule has 1 unspecified atom stereocenters. The molecule has 1 atom stereocenters. The lowest BCUT2D eigenvalue weighted by Gasteiger charge is -2.29. The number of likely N-dealkylation sites (N-methyl/N-ethyl adjacent to an activating group) is 1. The summed E-state index contributed by atoms with van der Waals surface area (Å²) in [6, 6.07) is 5.79. The van der Waals surface area contributed by atoms with E-state index in [1.165, 1.54) is 0 Å². The van der Waals surface area contributed by atoms with Gasteiger partial charge in [0.15, 0.2) is 0 Å². The number of anilines is 1. The molecule has 13 heavy (non-hydrogen) atoms. The number of nitrogens with two attached hydrogens (primary N) is 1. The Morgan fingerprint density at radius 2 is 2.31 bits per heavy atom. The van der Waals surface area contributed by atoms with Crippen LogP contribution in [0.5, 0.6) is 0 Å². The lowest BCUT2D eigenvalue weighted by Crippen LogP contribution is -2.30. The molecule has 0 radical (unpaired) electrons. The van der Waals surface area contributed by atoms with E-state index in [0.717, 1.165) is 17.7 Å². The second kappa shape index (κ2) is 3.01. The molecular weight excluding hydrogens is 164 g/mol. The SMILES string of the molecule is CN1Cc2cccc(N)c2C(O)C1. The lowest BCUT2D eigenvalue weighted by atomic mass is 9.96. The number of nitrogens with zero attached hydrogens (tertiary/aromatic N) is 1. The summed E-state index contributed by atoms with van der Waals surface area (Å²) in [4.78, 5) is 2.09. The highest BCUT2D eigenvalue weighted by Crippen LogP contribution is 2.29. The Hall–Kier alpha value is -1.06. The predicted molar refractivity (Wildman–Crippen MR) is 52.1 cm³/mol. The van der Waals surface area contributed by atoms with Gasteiger partial charge in [-0.2, -0.15) is 0 Å². The third-order valence-electron chi connectivity index (χ3n) is 2.49. The quantitative estimate of drug-likeness (QED) is 0.576. The fourth-order valence-corrected chi connectivity index (χ4v) is 1.92. The summed E-state index contributed by atoms with van der Waals surface area (Å²) in [6.45, 7) is 1.54. The number of hydrogen-bond donors (Lipinski definition) is 2. The van der Waals surface area contributed by atoms with Crippen LogP contribution in [0.25, 0.3) is 0 Å². The minimum absolute atomic E-state index is 0.435. The van der Waals surface area contributed by atoms with Gasteiger partial charge < -0.3 is 10.8 Å². The van der Waals surface area contributed by atoms with Crippen LogP contribution >= 0.6 is 0 Å². The van der Waals surface area contributed by atoms with Gasteiger partial charge in [-0.1, -0.05) is 12.1 Å². The van der Waals surface area contributed by atoms with Crippen LogP contribution in [0.4, 0.5) is 5.69 Å². The van der Waals surface area contributed by atoms with Crippen molar-refractivity contribution < 1.29 is 5.11 Å². The maximum absolute atomic E-state index is 9.79. The molecule has 1 aromatic carbocycles. The summed E-state index contributed by atoms with van der Waals surface area (Å²) in [6.07, 6.45) is -0.435. The van der Waals surface area contributed by atoms with Crippen LogP contribution in [0.15, 0.2) is 18.2 Å². The van der Waals surface area contributed by atoms with E-state index in [2.05, 4.69) is 4.90 Å². The van der Waals surface area contributed by atoms with E-state index in [1.54, 1.807) is 0 Å². The Kier molecular flexibility index (Phi) is 1.98. The number of β-amino-alcohol motifs (C(OH)–C–C–N with tert-alkyl or cyclic N) is 1. The maximum Gasteiger partial charge on any atom is 0.0939 e. The Morgan fingerprint density at radius 3 is 3.08 bits per heavy atom. The molecule has 70 valence electrons. The summed E-state index contributed by atoms with van der Waals surface area (Å²) in [5.41, 5.74) is 8.56. The minimum atomic E-state index is -0.435. The van der Waals surface area contributed by atoms with E-state index in [0.29, 0.717) is 12.2 Å². The third-order valence-corrected chi connectivity index (χ3v) is 2.49. The van der Waals surface area contributed by atoms with Crippen LogP contribution in [0.3, 0.4) is 0 Å². The topological polar surface area (TPSA) is 49.5 Å². The van der Waals surface area contributed by atoms with Gasteiger partial charge in [0.25, 0.3) is 0 Å². The molecule has 3 N–H and O–H groups in total. The van der Waals surface area contributed by atoms with Crippen molar-refractivity contribution in [2.45, 2.75) is 12.6 Å². The van der Waals surface area contributed by atoms with Crippen molar-refractivity contribution in [1.29, 1.82) is 0 Å². The molecule has 0 amide bonds. The average molecular weight is 178 g/mol. The molecule has 1 heterocycles. The Morgan fingerprint density at radius 1 is 1.54 bits per heavy atom. The molecule has 3 nitrogen and oxygen atoms in total. The molecule has 0 bridgehead atoms. The Bertz CT molecular complexity index is 325. The summed E-state index contributed by atoms with van der Waals surface area (Å²) in [7, 11) is 2.00. The molecule has 1 aromatic rings. The highest BCUT2D eigenvalue weighted by atomic mass is 16.3. The molecule has 0 aliphatic carbocycles. The van der Waals surface area contributed by atoms with E-state index < -0.39 is 6.10 Å². The van der Waals surface area contributed by atoms with Gasteiger partial charge >= 0.3 is 0 Å². The fourth-order valence-electron chi connectivity index (χ4n) is 1.92. The highest BCUT2D eigenvalue weighted by Gasteiger charge is 2.22. The van der Waals surface area contributed by atoms with Crippen LogP contribution in [0.1, 0.15) is 17.2 Å². The first-order valence-electron chi connectivity index (χ1n) is 4.42. The number of hydrogen-bond acceptors (Lipinski definition) is 3. The van der Waals surface area contributed by atoms with Gasteiger partial charge in [0, 0.05) is 24.3 Å². The van der Waals surface area contributed by atoms with Crippen LogP contribution in [0, 0.1) is 0 Å². The third kappa shape index (κ3) is 1.41. The normalized spacial score (nSPS) is 22.8. The van der Waals surface area contributed by atoms with E-state index in [4.69, 9.17) is 5.73 Å². The standard InChI is InChI=1S/C10H14N2O/c1-12-5-7-3-2-4-8(11)10(7)9(13)6-12/h2-4,9,13H,5-6,11H2,1H3. The molecule has 1 aliphatic heterocycles. The monoisotopic (exact) mass is 178 g/mol. The van der Waals surface area contributed by atoms with Gasteiger partial charge in [0.05, 0.1) is 6.10 Å². The van der Waals surface area contributed by atoms with Gasteiger partial charge in [-0.25, -0.2) is 0 Å². The predicted octanol–water partition coefficient (Wildman–Crippen LogP) is 0.748. The number of nitrogen functional groups attached to an aromatic ring is 1. The molecule has 0 saturated heterocycles. The second-order valence-corrected chi connectivity index (χ2v) is 3.63. The van der Waals surface area contributed by atoms with Crippen LogP contribution in [0.2, 0.25) is 0 Å². The van der Waals surface area contributed by atoms with Crippen LogP contribution in [-0.4, -0.2) is 23.6 Å². The van der Waals surface area contributed by atoms with Crippen molar-refractivity contribution in [3.8, 4) is 0 Å². The number of aliphatic hydroxyl groups is 1. The van der Waals surface area contributed by atoms with Crippen molar-refractivity contribution in [1.82, 2.24) is 4.90 Å². The molecular formula is C10H14N2O. The first-order valence-corrected chi connectivity index (χ1v) is 4.42. The van der Waals surface area contributed by atoms with Gasteiger partial charge in [-0.3, -0.25) is 4.90 Å². The van der Waals surface area contributed by atoms with Crippen molar-refractivity contribution in [3.05, 3.63) is 29.3 Å². The zero-order valence-corrected chi connectivity index (χ0v) is 7.70. The second-order valence-electron chi connectivity index (χ2n) is 3.63. The van der Waals surface area contributed by atoms with Gasteiger partial charge in [-0.15, -0.1) is 0 Å². The number of benzene rings is 1. The van der Waals surface area contributed by atoms with E-state index in [-0.39, 0.29) is 0 Å². The van der Waals surface area contributed by atoms with Gasteiger partial charge in [-0.05, 0) is 18.7 Å². The average Bonchev–Trinajstić information content (AvgIpc) is 2.02. The molecule has 0 spiro atoms. The van der Waals surface area contributed by atoms with Crippen molar-refractivity contribution in [2.24, 2.45) is 0 Å². The molecule has 1 aliphatic rings. The largest absolute Gasteiger partial charge is 0.398 e. The zero-order valence-electron chi connectivity index (χ0n) is 7.70. The number of rotatable bonds is 0. The van der Waals surface area contributed by atoms with Crippen LogP contribution < -0.4 is 5.73 Å². The van der Waals surface area contributed by atoms with Gasteiger partial charge in [0.2, 0.25) is 0 Å². The summed E-state index contributed by atoms with van der Waals surface area (Å²) in [5, 5.41) is 9.79. The molecule has 2 rings (SSSR count). The number of fused-ring (bicyclic) bond motifs is 1. The zero-order chi connectivity index (χ0) is 9.42. The van der Waals surface area contributed by atoms with Gasteiger partial charge in [0.1, 0.15) is 0 Å². The molecule has 0 saturated carbocycles. The molecule has 0 fully saturated rings. The van der Waals surface area contributed by atoms with E-state index >= 15 is 0 Å². The fraction of sp³-hybridized carbons (Fsp3) is 0.400. The smallest absolute Gasteiger partial charge is 0.0939 e. The van der Waals surface area contributed by atoms with Crippen molar-refractivity contribution >= 4 is 5.69 Å². The van der Waals surface area contributed by atoms with Crippen molar-refractivity contribution in [3.63, 3.8) is 0 Å². The Balaban J connectivity index is 2.49. The van der Waals surface area contributed by atoms with E-state index in [1.807, 2.05) is 25.2 Å². The number of aliphatic hydroxyl groups excluding tert-OH is 1. The summed E-state index contributed by atoms with van der Waals surface area (Å²) >= 11 is 0. The first kappa shape index (κ1) is 8.53. The van der Waals surface area contributed by atoms with E-state index in [9.17, 15) is 5.11 Å². The molecule has 0 aromatic heterocycles. The Labute approximate surface area is 77.8 Å². The maximum atomic E-state index is 9.79. The highest BCUT2D eigenvalue weighted by molar-refractivity contribution is 5.53. The lowest BCUT2D eigenvalue weighted by molar-refractivity contribution is 0.108. The minimum Gasteiger partial charge on any atom is -0.398 e. The molecule has 3 heteroatoms. The van der Waals surface area contributed by atoms with Crippen molar-refractivity contribution in [2.75, 3.05) is 19.3 Å².